The van der Waals surface area contributed by atoms with Gasteiger partial charge in [-0.25, -0.2) is 4.39 Å². The van der Waals surface area contributed by atoms with Crippen molar-refractivity contribution in [3.63, 3.8) is 0 Å². The highest BCUT2D eigenvalue weighted by Crippen LogP contribution is 2.40. The number of aliphatic hydroxyl groups is 1. The molecule has 1 heterocycles. The zero-order valence-electron chi connectivity index (χ0n) is 9.82. The Balaban J connectivity index is 2.31. The number of aliphatic hydroxyl groups excluding tert-OH is 1. The van der Waals surface area contributed by atoms with E-state index in [9.17, 15) is 9.50 Å². The Labute approximate surface area is 131 Å². The van der Waals surface area contributed by atoms with Crippen LogP contribution in [0, 0.1) is 5.82 Å². The molecule has 0 bridgehead atoms. The number of halogens is 3. The molecule has 0 aliphatic heterocycles. The molecule has 0 aliphatic rings. The van der Waals surface area contributed by atoms with E-state index in [0.717, 1.165) is 13.1 Å². The number of nitrogens with two attached hydrogens (primary N) is 1. The molecule has 0 radical (unpaired) electrons. The van der Waals surface area contributed by atoms with Gasteiger partial charge in [0.2, 0.25) is 0 Å². The Hall–Kier alpha value is -0.270. The molecule has 0 aliphatic carbocycles. The molecule has 0 saturated carbocycles. The van der Waals surface area contributed by atoms with E-state index >= 15 is 0 Å². The summed E-state index contributed by atoms with van der Waals surface area (Å²) in [6.07, 6.45) is -0.751. The predicted octanol–water partition coefficient (Wildman–Crippen LogP) is 4.19. The van der Waals surface area contributed by atoms with E-state index < -0.39 is 6.10 Å². The van der Waals surface area contributed by atoms with Crippen LogP contribution in [0.25, 0.3) is 0 Å². The van der Waals surface area contributed by atoms with Crippen LogP contribution in [0.3, 0.4) is 0 Å². The first-order chi connectivity index (χ1) is 9.02. The monoisotopic (exact) mass is 407 g/mol. The minimum Gasteiger partial charge on any atom is -0.387 e. The van der Waals surface area contributed by atoms with Gasteiger partial charge in [0.05, 0.1) is 9.89 Å². The van der Waals surface area contributed by atoms with Crippen LogP contribution in [0.4, 0.5) is 4.39 Å². The van der Waals surface area contributed by atoms with Gasteiger partial charge in [0.15, 0.2) is 0 Å². The molecule has 102 valence electrons. The lowest BCUT2D eigenvalue weighted by molar-refractivity contribution is 0.151. The average Bonchev–Trinajstić information content (AvgIpc) is 2.70. The molecule has 3 N–H and O–H groups in total. The summed E-state index contributed by atoms with van der Waals surface area (Å²) in [4.78, 5) is 0.790. The maximum absolute atomic E-state index is 13.3. The second-order valence-electron chi connectivity index (χ2n) is 4.11. The third-order valence-corrected chi connectivity index (χ3v) is 6.19. The fourth-order valence-corrected chi connectivity index (χ4v) is 4.03. The maximum atomic E-state index is 13.3. The van der Waals surface area contributed by atoms with Crippen molar-refractivity contribution in [1.82, 2.24) is 0 Å². The van der Waals surface area contributed by atoms with Gasteiger partial charge in [-0.3, -0.25) is 0 Å². The Kier molecular flexibility index (Phi) is 5.14. The van der Waals surface area contributed by atoms with Crippen LogP contribution in [0.15, 0.2) is 38.6 Å². The predicted molar refractivity (Wildman–Crippen MR) is 82.9 cm³/mol. The third-order valence-electron chi connectivity index (χ3n) is 2.87. The minimum absolute atomic E-state index is 0.248. The molecule has 1 aromatic heterocycles. The molecule has 0 fully saturated rings. The summed E-state index contributed by atoms with van der Waals surface area (Å²) in [5, 5.41) is 10.4. The summed E-state index contributed by atoms with van der Waals surface area (Å²) in [5.41, 5.74) is 6.44. The smallest absolute Gasteiger partial charge is 0.123 e. The summed E-state index contributed by atoms with van der Waals surface area (Å²) in [6.45, 7) is 0.248. The SMILES string of the molecule is NCC(c1cccc(F)c1)C(O)c1cc(Br)c(Br)s1. The molecule has 2 atom stereocenters. The first-order valence-corrected chi connectivity index (χ1v) is 8.01. The number of hydrogen-bond acceptors (Lipinski definition) is 3. The first kappa shape index (κ1) is 15.1. The molecule has 2 rings (SSSR count). The molecule has 0 saturated heterocycles. The molecule has 19 heavy (non-hydrogen) atoms. The van der Waals surface area contributed by atoms with Gasteiger partial charge < -0.3 is 10.8 Å². The Morgan fingerprint density at radius 2 is 2.05 bits per heavy atom. The quantitative estimate of drug-likeness (QED) is 0.796. The average molecular weight is 409 g/mol. The highest BCUT2D eigenvalue weighted by Gasteiger charge is 2.24. The topological polar surface area (TPSA) is 46.2 Å². The lowest BCUT2D eigenvalue weighted by atomic mass is 9.92. The minimum atomic E-state index is -0.751. The van der Waals surface area contributed by atoms with E-state index in [1.54, 1.807) is 12.1 Å². The number of benzene rings is 1. The summed E-state index contributed by atoms with van der Waals surface area (Å²) in [5.74, 6) is -0.648. The highest BCUT2D eigenvalue weighted by atomic mass is 79.9. The summed E-state index contributed by atoms with van der Waals surface area (Å²) < 4.78 is 15.1. The van der Waals surface area contributed by atoms with E-state index in [2.05, 4.69) is 31.9 Å². The van der Waals surface area contributed by atoms with Crippen LogP contribution < -0.4 is 5.73 Å². The van der Waals surface area contributed by atoms with Crippen LogP contribution in [-0.4, -0.2) is 11.7 Å². The van der Waals surface area contributed by atoms with Gasteiger partial charge in [-0.1, -0.05) is 12.1 Å². The normalized spacial score (nSPS) is 14.4. The standard InChI is InChI=1S/C13H12Br2FNOS/c14-10-5-11(19-13(10)15)12(18)9(6-17)7-2-1-3-8(16)4-7/h1-5,9,12,18H,6,17H2. The Morgan fingerprint density at radius 3 is 2.58 bits per heavy atom. The molecule has 2 nitrogen and oxygen atoms in total. The number of thiophene rings is 1. The van der Waals surface area contributed by atoms with E-state index in [0.29, 0.717) is 5.56 Å². The molecule has 2 aromatic rings. The van der Waals surface area contributed by atoms with Crippen molar-refractivity contribution in [3.8, 4) is 0 Å². The van der Waals surface area contributed by atoms with Crippen LogP contribution in [0.1, 0.15) is 22.5 Å². The summed E-state index contributed by atoms with van der Waals surface area (Å²) >= 11 is 8.21. The van der Waals surface area contributed by atoms with E-state index in [1.807, 2.05) is 6.07 Å². The van der Waals surface area contributed by atoms with Crippen molar-refractivity contribution in [3.05, 3.63) is 54.8 Å². The first-order valence-electron chi connectivity index (χ1n) is 5.61. The van der Waals surface area contributed by atoms with Gasteiger partial charge in [-0.2, -0.15) is 0 Å². The van der Waals surface area contributed by atoms with Crippen molar-refractivity contribution in [2.75, 3.05) is 6.54 Å². The van der Waals surface area contributed by atoms with Crippen LogP contribution in [0.5, 0.6) is 0 Å². The third kappa shape index (κ3) is 3.44. The zero-order chi connectivity index (χ0) is 14.0. The lowest BCUT2D eigenvalue weighted by Gasteiger charge is -2.21. The van der Waals surface area contributed by atoms with Crippen molar-refractivity contribution in [1.29, 1.82) is 0 Å². The Morgan fingerprint density at radius 1 is 1.32 bits per heavy atom. The maximum Gasteiger partial charge on any atom is 0.123 e. The largest absolute Gasteiger partial charge is 0.387 e. The van der Waals surface area contributed by atoms with Gasteiger partial charge in [0.25, 0.3) is 0 Å². The summed E-state index contributed by atoms with van der Waals surface area (Å²) in [6, 6.07) is 8.05. The fraction of sp³-hybridized carbons (Fsp3) is 0.231. The fourth-order valence-electron chi connectivity index (χ4n) is 1.89. The Bertz CT molecular complexity index is 556. The van der Waals surface area contributed by atoms with Crippen molar-refractivity contribution >= 4 is 43.2 Å². The number of rotatable bonds is 4. The van der Waals surface area contributed by atoms with Crippen molar-refractivity contribution < 1.29 is 9.50 Å². The molecule has 0 spiro atoms. The number of hydrogen-bond donors (Lipinski definition) is 2. The van der Waals surface area contributed by atoms with Crippen LogP contribution in [0.2, 0.25) is 0 Å². The molecular formula is C13H12Br2FNOS. The molecular weight excluding hydrogens is 397 g/mol. The molecule has 6 heteroatoms. The molecule has 2 unspecified atom stereocenters. The van der Waals surface area contributed by atoms with Gasteiger partial charge in [-0.15, -0.1) is 11.3 Å². The zero-order valence-corrected chi connectivity index (χ0v) is 13.8. The van der Waals surface area contributed by atoms with Gasteiger partial charge in [0.1, 0.15) is 5.82 Å². The highest BCUT2D eigenvalue weighted by molar-refractivity contribution is 9.13. The van der Waals surface area contributed by atoms with Crippen LogP contribution >= 0.6 is 43.2 Å². The van der Waals surface area contributed by atoms with Gasteiger partial charge in [-0.05, 0) is 55.6 Å². The molecule has 0 amide bonds. The van der Waals surface area contributed by atoms with Crippen molar-refractivity contribution in [2.24, 2.45) is 5.73 Å². The van der Waals surface area contributed by atoms with E-state index in [-0.39, 0.29) is 18.3 Å². The second kappa shape index (κ2) is 6.45. The molecule has 1 aromatic carbocycles. The summed E-state index contributed by atoms with van der Waals surface area (Å²) in [7, 11) is 0. The van der Waals surface area contributed by atoms with Crippen LogP contribution in [-0.2, 0) is 0 Å². The van der Waals surface area contributed by atoms with Gasteiger partial charge >= 0.3 is 0 Å². The second-order valence-corrected chi connectivity index (χ2v) is 7.37. The van der Waals surface area contributed by atoms with E-state index in [4.69, 9.17) is 5.73 Å². The van der Waals surface area contributed by atoms with E-state index in [1.165, 1.54) is 23.5 Å². The van der Waals surface area contributed by atoms with Crippen molar-refractivity contribution in [2.45, 2.75) is 12.0 Å². The lowest BCUT2D eigenvalue weighted by Crippen LogP contribution is -2.19. The van der Waals surface area contributed by atoms with Gasteiger partial charge in [0, 0.05) is 21.8 Å².